The number of methoxy groups -OCH3 is 3. The van der Waals surface area contributed by atoms with Gasteiger partial charge in [-0.25, -0.2) is 9.88 Å². The fraction of sp³-hybridized carbons (Fsp3) is 0.107. The van der Waals surface area contributed by atoms with Crippen LogP contribution in [0, 0.1) is 0 Å². The zero-order chi connectivity index (χ0) is 25.9. The summed E-state index contributed by atoms with van der Waals surface area (Å²) in [5.41, 5.74) is 3.89. The van der Waals surface area contributed by atoms with Crippen LogP contribution in [0.25, 0.3) is 17.3 Å². The number of aromatic nitrogens is 1. The third-order valence-corrected chi connectivity index (χ3v) is 6.66. The summed E-state index contributed by atoms with van der Waals surface area (Å²) in [5.74, 6) is 1.05. The van der Waals surface area contributed by atoms with Crippen molar-refractivity contribution in [2.75, 3.05) is 31.5 Å². The quantitative estimate of drug-likeness (QED) is 0.302. The van der Waals surface area contributed by atoms with E-state index < -0.39 is 0 Å². The molecular formula is C28H23N3O5S. The minimum Gasteiger partial charge on any atom is -0.493 e. The van der Waals surface area contributed by atoms with Gasteiger partial charge in [0, 0.05) is 17.1 Å². The number of nitrogens with zero attached hydrogens (tertiary/aromatic N) is 2. The van der Waals surface area contributed by atoms with Gasteiger partial charge in [0.2, 0.25) is 5.75 Å². The summed E-state index contributed by atoms with van der Waals surface area (Å²) in [6.07, 6.45) is 3.66. The number of ether oxygens (including phenoxy) is 3. The first-order valence-corrected chi connectivity index (χ1v) is 12.2. The Hall–Kier alpha value is -4.63. The number of amides is 2. The molecule has 0 atom stereocenters. The lowest BCUT2D eigenvalue weighted by atomic mass is 10.1. The largest absolute Gasteiger partial charge is 0.493 e. The summed E-state index contributed by atoms with van der Waals surface area (Å²) in [5, 5.41) is 5.83. The molecule has 1 aromatic heterocycles. The van der Waals surface area contributed by atoms with Gasteiger partial charge in [-0.15, -0.1) is 11.3 Å². The maximum Gasteiger partial charge on any atom is 0.266 e. The number of benzene rings is 3. The van der Waals surface area contributed by atoms with Crippen molar-refractivity contribution in [1.82, 2.24) is 4.98 Å². The molecule has 3 aromatic carbocycles. The molecule has 9 heteroatoms. The van der Waals surface area contributed by atoms with Gasteiger partial charge in [-0.1, -0.05) is 24.3 Å². The van der Waals surface area contributed by atoms with E-state index in [0.29, 0.717) is 39.2 Å². The van der Waals surface area contributed by atoms with Crippen molar-refractivity contribution in [3.05, 3.63) is 88.9 Å². The molecule has 1 N–H and O–H groups in total. The molecular weight excluding hydrogens is 490 g/mol. The van der Waals surface area contributed by atoms with E-state index in [0.717, 1.165) is 16.8 Å². The standard InChI is InChI=1S/C28H23N3O5S/c1-34-23-14-17(15-24(35-2)25(23)36-3)12-13-29-28-30-22(16-37-28)18-8-10-19(11-9-18)31-26(32)20-6-4-5-7-21(20)27(31)33/h4-16H,1-3H3,(H,29,30)/b13-12-. The highest BCUT2D eigenvalue weighted by molar-refractivity contribution is 7.14. The Morgan fingerprint density at radius 1 is 0.865 bits per heavy atom. The minimum absolute atomic E-state index is 0.313. The van der Waals surface area contributed by atoms with Gasteiger partial charge in [-0.3, -0.25) is 9.59 Å². The van der Waals surface area contributed by atoms with E-state index in [-0.39, 0.29) is 11.8 Å². The monoisotopic (exact) mass is 513 g/mol. The molecule has 37 heavy (non-hydrogen) atoms. The Morgan fingerprint density at radius 3 is 2.05 bits per heavy atom. The van der Waals surface area contributed by atoms with Crippen LogP contribution < -0.4 is 24.4 Å². The average molecular weight is 514 g/mol. The summed E-state index contributed by atoms with van der Waals surface area (Å²) in [6.45, 7) is 0. The minimum atomic E-state index is -0.313. The molecule has 2 heterocycles. The second kappa shape index (κ2) is 10.2. The lowest BCUT2D eigenvalue weighted by Gasteiger charge is -2.14. The molecule has 0 aliphatic carbocycles. The van der Waals surface area contributed by atoms with E-state index in [1.807, 2.05) is 35.7 Å². The van der Waals surface area contributed by atoms with Gasteiger partial charge in [0.15, 0.2) is 16.6 Å². The van der Waals surface area contributed by atoms with Crippen LogP contribution in [0.1, 0.15) is 26.3 Å². The van der Waals surface area contributed by atoms with Crippen molar-refractivity contribution in [3.8, 4) is 28.5 Å². The number of rotatable bonds is 8. The zero-order valence-electron chi connectivity index (χ0n) is 20.3. The smallest absolute Gasteiger partial charge is 0.266 e. The topological polar surface area (TPSA) is 90.0 Å². The highest BCUT2D eigenvalue weighted by atomic mass is 32.1. The lowest BCUT2D eigenvalue weighted by molar-refractivity contribution is 0.0926. The van der Waals surface area contributed by atoms with E-state index in [1.165, 1.54) is 16.2 Å². The first-order chi connectivity index (χ1) is 18.0. The predicted molar refractivity (Wildman–Crippen MR) is 144 cm³/mol. The second-order valence-corrected chi connectivity index (χ2v) is 8.87. The molecule has 0 unspecified atom stereocenters. The van der Waals surface area contributed by atoms with Crippen molar-refractivity contribution in [2.24, 2.45) is 0 Å². The maximum absolute atomic E-state index is 12.7. The number of imide groups is 1. The molecule has 0 spiro atoms. The third-order valence-electron chi connectivity index (χ3n) is 5.89. The first kappa shape index (κ1) is 24.1. The molecule has 1 aliphatic heterocycles. The number of carbonyl (C=O) groups is 2. The predicted octanol–water partition coefficient (Wildman–Crippen LogP) is 5.72. The van der Waals surface area contributed by atoms with E-state index >= 15 is 0 Å². The number of hydrogen-bond acceptors (Lipinski definition) is 8. The summed E-state index contributed by atoms with van der Waals surface area (Å²) in [6, 6.07) is 17.8. The van der Waals surface area contributed by atoms with Crippen molar-refractivity contribution >= 4 is 40.0 Å². The number of hydrogen-bond donors (Lipinski definition) is 1. The normalized spacial score (nSPS) is 12.7. The number of nitrogens with one attached hydrogen (secondary N) is 1. The number of thiazole rings is 1. The molecule has 0 radical (unpaired) electrons. The van der Waals surface area contributed by atoms with Gasteiger partial charge >= 0.3 is 0 Å². The molecule has 8 nitrogen and oxygen atoms in total. The molecule has 0 saturated heterocycles. The molecule has 186 valence electrons. The van der Waals surface area contributed by atoms with Gasteiger partial charge in [-0.05, 0) is 48.0 Å². The van der Waals surface area contributed by atoms with Crippen LogP contribution in [0.15, 0.2) is 72.2 Å². The SMILES string of the molecule is COc1cc(/C=C\Nc2nc(-c3ccc(N4C(=O)c5ccccc5C4=O)cc3)cs2)cc(OC)c1OC. The molecule has 5 rings (SSSR count). The van der Waals surface area contributed by atoms with Crippen LogP contribution >= 0.6 is 11.3 Å². The van der Waals surface area contributed by atoms with Crippen LogP contribution in [0.5, 0.6) is 17.2 Å². The van der Waals surface area contributed by atoms with Crippen LogP contribution in [-0.4, -0.2) is 38.1 Å². The summed E-state index contributed by atoms with van der Waals surface area (Å²) in [7, 11) is 4.72. The molecule has 0 fully saturated rings. The highest BCUT2D eigenvalue weighted by Gasteiger charge is 2.36. The van der Waals surface area contributed by atoms with Crippen LogP contribution in [0.4, 0.5) is 10.8 Å². The Morgan fingerprint density at radius 2 is 1.49 bits per heavy atom. The Kier molecular flexibility index (Phi) is 6.61. The first-order valence-electron chi connectivity index (χ1n) is 11.3. The lowest BCUT2D eigenvalue weighted by Crippen LogP contribution is -2.29. The third kappa shape index (κ3) is 4.52. The average Bonchev–Trinajstić information content (AvgIpc) is 3.51. The van der Waals surface area contributed by atoms with Gasteiger partial charge < -0.3 is 19.5 Å². The molecule has 4 aromatic rings. The van der Waals surface area contributed by atoms with E-state index in [1.54, 1.807) is 63.9 Å². The Balaban J connectivity index is 1.28. The molecule has 0 saturated carbocycles. The molecule has 2 amide bonds. The number of anilines is 2. The second-order valence-electron chi connectivity index (χ2n) is 8.01. The van der Waals surface area contributed by atoms with Gasteiger partial charge in [0.05, 0.1) is 43.8 Å². The number of fused-ring (bicyclic) bond motifs is 1. The summed E-state index contributed by atoms with van der Waals surface area (Å²) in [4.78, 5) is 31.3. The zero-order valence-corrected chi connectivity index (χ0v) is 21.2. The van der Waals surface area contributed by atoms with Crippen LogP contribution in [-0.2, 0) is 0 Å². The molecule has 0 bridgehead atoms. The van der Waals surface area contributed by atoms with Gasteiger partial charge in [0.25, 0.3) is 11.8 Å². The van der Waals surface area contributed by atoms with Crippen LogP contribution in [0.2, 0.25) is 0 Å². The molecule has 1 aliphatic rings. The van der Waals surface area contributed by atoms with E-state index in [2.05, 4.69) is 10.3 Å². The van der Waals surface area contributed by atoms with Crippen molar-refractivity contribution in [2.45, 2.75) is 0 Å². The van der Waals surface area contributed by atoms with E-state index in [9.17, 15) is 9.59 Å². The number of carbonyl (C=O) groups excluding carboxylic acids is 2. The maximum atomic E-state index is 12.7. The van der Waals surface area contributed by atoms with Gasteiger partial charge in [-0.2, -0.15) is 0 Å². The van der Waals surface area contributed by atoms with Gasteiger partial charge in [0.1, 0.15) is 0 Å². The summed E-state index contributed by atoms with van der Waals surface area (Å²) < 4.78 is 16.2. The van der Waals surface area contributed by atoms with E-state index in [4.69, 9.17) is 14.2 Å². The Labute approximate surface area is 217 Å². The van der Waals surface area contributed by atoms with Crippen LogP contribution in [0.3, 0.4) is 0 Å². The van der Waals surface area contributed by atoms with Crippen molar-refractivity contribution < 1.29 is 23.8 Å². The van der Waals surface area contributed by atoms with Crippen molar-refractivity contribution in [1.29, 1.82) is 0 Å². The Bertz CT molecular complexity index is 1450. The summed E-state index contributed by atoms with van der Waals surface area (Å²) >= 11 is 1.46. The fourth-order valence-electron chi connectivity index (χ4n) is 4.08. The van der Waals surface area contributed by atoms with Crippen molar-refractivity contribution in [3.63, 3.8) is 0 Å². The highest BCUT2D eigenvalue weighted by Crippen LogP contribution is 2.38. The fourth-order valence-corrected chi connectivity index (χ4v) is 4.78.